The number of hydrogen-bond donors (Lipinski definition) is 0. The maximum absolute atomic E-state index is 12.3. The van der Waals surface area contributed by atoms with Crippen LogP contribution in [0, 0.1) is 5.92 Å². The zero-order valence-corrected chi connectivity index (χ0v) is 13.8. The lowest BCUT2D eigenvalue weighted by atomic mass is 10.0. The maximum Gasteiger partial charge on any atom is 0.306 e. The fourth-order valence-corrected chi connectivity index (χ4v) is 3.09. The number of carbonyl (C=O) groups excluding carboxylic acids is 1. The second-order valence-corrected chi connectivity index (χ2v) is 7.44. The summed E-state index contributed by atoms with van der Waals surface area (Å²) in [5, 5.41) is 0. The van der Waals surface area contributed by atoms with E-state index in [1.807, 2.05) is 12.1 Å². The van der Waals surface area contributed by atoms with Crippen LogP contribution in [0.3, 0.4) is 0 Å². The fourth-order valence-electron chi connectivity index (χ4n) is 1.92. The summed E-state index contributed by atoms with van der Waals surface area (Å²) in [5.41, 5.74) is 1.11. The Morgan fingerprint density at radius 3 is 2.29 bits per heavy atom. The van der Waals surface area contributed by atoms with Crippen LogP contribution in [-0.4, -0.2) is 39.4 Å². The van der Waals surface area contributed by atoms with Gasteiger partial charge in [-0.2, -0.15) is 0 Å². The van der Waals surface area contributed by atoms with Gasteiger partial charge in [0.15, 0.2) is 0 Å². The molecule has 5 nitrogen and oxygen atoms in total. The van der Waals surface area contributed by atoms with Gasteiger partial charge in [0.25, 0.3) is 0 Å². The smallest absolute Gasteiger partial charge is 0.306 e. The molecule has 0 aliphatic carbocycles. The highest BCUT2D eigenvalue weighted by Gasteiger charge is 2.21. The minimum absolute atomic E-state index is 0.0393. The largest absolute Gasteiger partial charge is 0.469 e. The Balaban J connectivity index is 2.79. The first kappa shape index (κ1) is 17.7. The Labute approximate surface area is 127 Å². The van der Waals surface area contributed by atoms with Crippen molar-refractivity contribution in [3.8, 4) is 0 Å². The predicted molar refractivity (Wildman–Crippen MR) is 81.4 cm³/mol. The van der Waals surface area contributed by atoms with Gasteiger partial charge in [-0.05, 0) is 30.0 Å². The third-order valence-corrected chi connectivity index (χ3v) is 5.01. The summed E-state index contributed by atoms with van der Waals surface area (Å²) in [6, 6.07) is 6.89. The Morgan fingerprint density at radius 1 is 1.24 bits per heavy atom. The van der Waals surface area contributed by atoms with E-state index in [-0.39, 0.29) is 17.9 Å². The van der Waals surface area contributed by atoms with E-state index in [0.29, 0.717) is 5.92 Å². The van der Waals surface area contributed by atoms with Crippen molar-refractivity contribution in [2.24, 2.45) is 5.92 Å². The average molecular weight is 313 g/mol. The number of sulfonamides is 1. The van der Waals surface area contributed by atoms with Crippen molar-refractivity contribution in [3.63, 3.8) is 0 Å². The number of benzene rings is 1. The summed E-state index contributed by atoms with van der Waals surface area (Å²) in [4.78, 5) is 11.3. The highest BCUT2D eigenvalue weighted by atomic mass is 32.2. The summed E-state index contributed by atoms with van der Waals surface area (Å²) < 4.78 is 30.4. The van der Waals surface area contributed by atoms with E-state index < -0.39 is 16.0 Å². The van der Waals surface area contributed by atoms with E-state index >= 15 is 0 Å². The minimum Gasteiger partial charge on any atom is -0.469 e. The molecule has 0 bridgehead atoms. The predicted octanol–water partition coefficient (Wildman–Crippen LogP) is 2.07. The first-order chi connectivity index (χ1) is 9.77. The van der Waals surface area contributed by atoms with Crippen LogP contribution in [0.2, 0.25) is 0 Å². The molecule has 0 heterocycles. The Kier molecular flexibility index (Phi) is 6.36. The molecule has 6 heteroatoms. The van der Waals surface area contributed by atoms with E-state index in [4.69, 9.17) is 0 Å². The number of hydrogen-bond acceptors (Lipinski definition) is 4. The molecule has 21 heavy (non-hydrogen) atoms. The summed E-state index contributed by atoms with van der Waals surface area (Å²) in [6.07, 6.45) is 0.955. The van der Waals surface area contributed by atoms with E-state index in [0.717, 1.165) is 12.0 Å². The Hall–Kier alpha value is -1.40. The highest BCUT2D eigenvalue weighted by Crippen LogP contribution is 2.17. The number of ether oxygens (including phenoxy) is 1. The zero-order chi connectivity index (χ0) is 16.0. The molecule has 0 amide bonds. The van der Waals surface area contributed by atoms with Gasteiger partial charge in [-0.1, -0.05) is 26.0 Å². The van der Waals surface area contributed by atoms with Crippen LogP contribution in [0.4, 0.5) is 0 Å². The summed E-state index contributed by atoms with van der Waals surface area (Å²) in [7, 11) is -0.822. The SMILES string of the molecule is COC(=O)CCN(C)S(=O)(=O)c1ccc(CC(C)C)cc1. The van der Waals surface area contributed by atoms with Gasteiger partial charge in [0, 0.05) is 13.6 Å². The molecule has 0 N–H and O–H groups in total. The first-order valence-electron chi connectivity index (χ1n) is 6.89. The third-order valence-electron chi connectivity index (χ3n) is 3.13. The van der Waals surface area contributed by atoms with Gasteiger partial charge < -0.3 is 4.74 Å². The summed E-state index contributed by atoms with van der Waals surface area (Å²) in [6.45, 7) is 4.33. The Morgan fingerprint density at radius 2 is 1.81 bits per heavy atom. The van der Waals surface area contributed by atoms with Crippen molar-refractivity contribution < 1.29 is 17.9 Å². The molecule has 0 unspecified atom stereocenters. The molecule has 0 aliphatic rings. The van der Waals surface area contributed by atoms with E-state index in [9.17, 15) is 13.2 Å². The van der Waals surface area contributed by atoms with Crippen LogP contribution in [0.25, 0.3) is 0 Å². The van der Waals surface area contributed by atoms with Crippen molar-refractivity contribution in [2.45, 2.75) is 31.6 Å². The molecule has 0 saturated heterocycles. The molecule has 1 aromatic carbocycles. The molecule has 0 spiro atoms. The van der Waals surface area contributed by atoms with Crippen LogP contribution < -0.4 is 0 Å². The van der Waals surface area contributed by atoms with Crippen molar-refractivity contribution in [1.82, 2.24) is 4.31 Å². The molecule has 0 aliphatic heterocycles. The third kappa shape index (κ3) is 5.13. The lowest BCUT2D eigenvalue weighted by molar-refractivity contribution is -0.140. The summed E-state index contributed by atoms with van der Waals surface area (Å²) >= 11 is 0. The van der Waals surface area contributed by atoms with Crippen LogP contribution in [0.1, 0.15) is 25.8 Å². The lowest BCUT2D eigenvalue weighted by Gasteiger charge is -2.17. The van der Waals surface area contributed by atoms with E-state index in [1.165, 1.54) is 18.5 Å². The van der Waals surface area contributed by atoms with Gasteiger partial charge in [-0.3, -0.25) is 4.79 Å². The Bertz CT molecular complexity index is 564. The highest BCUT2D eigenvalue weighted by molar-refractivity contribution is 7.89. The number of methoxy groups -OCH3 is 1. The van der Waals surface area contributed by atoms with Crippen molar-refractivity contribution in [3.05, 3.63) is 29.8 Å². The summed E-state index contributed by atoms with van der Waals surface area (Å²) in [5.74, 6) is 0.0968. The topological polar surface area (TPSA) is 63.7 Å². The standard InChI is InChI=1S/C15H23NO4S/c1-12(2)11-13-5-7-14(8-6-13)21(18,19)16(3)10-9-15(17)20-4/h5-8,12H,9-11H2,1-4H3. The molecular weight excluding hydrogens is 290 g/mol. The second-order valence-electron chi connectivity index (χ2n) is 5.39. The van der Waals surface area contributed by atoms with Gasteiger partial charge in [0.2, 0.25) is 10.0 Å². The molecule has 0 radical (unpaired) electrons. The van der Waals surface area contributed by atoms with Gasteiger partial charge in [0.1, 0.15) is 0 Å². The monoisotopic (exact) mass is 313 g/mol. The fraction of sp³-hybridized carbons (Fsp3) is 0.533. The molecule has 118 valence electrons. The first-order valence-corrected chi connectivity index (χ1v) is 8.33. The maximum atomic E-state index is 12.3. The number of carbonyl (C=O) groups is 1. The van der Waals surface area contributed by atoms with Crippen LogP contribution >= 0.6 is 0 Å². The molecule has 1 rings (SSSR count). The van der Waals surface area contributed by atoms with Crippen molar-refractivity contribution in [1.29, 1.82) is 0 Å². The average Bonchev–Trinajstić information content (AvgIpc) is 2.44. The van der Waals surface area contributed by atoms with Gasteiger partial charge >= 0.3 is 5.97 Å². The van der Waals surface area contributed by atoms with Gasteiger partial charge in [-0.15, -0.1) is 0 Å². The van der Waals surface area contributed by atoms with Crippen LogP contribution in [-0.2, 0) is 26.0 Å². The van der Waals surface area contributed by atoms with Crippen LogP contribution in [0.15, 0.2) is 29.2 Å². The van der Waals surface area contributed by atoms with Gasteiger partial charge in [0.05, 0.1) is 18.4 Å². The molecule has 0 aromatic heterocycles. The quantitative estimate of drug-likeness (QED) is 0.723. The minimum atomic E-state index is -3.56. The second kappa shape index (κ2) is 7.56. The van der Waals surface area contributed by atoms with Crippen molar-refractivity contribution >= 4 is 16.0 Å². The molecule has 0 atom stereocenters. The van der Waals surface area contributed by atoms with E-state index in [1.54, 1.807) is 12.1 Å². The molecule has 1 aromatic rings. The molecule has 0 fully saturated rings. The number of rotatable bonds is 7. The molecular formula is C15H23NO4S. The normalized spacial score (nSPS) is 11.9. The van der Waals surface area contributed by atoms with Crippen molar-refractivity contribution in [2.75, 3.05) is 20.7 Å². The van der Waals surface area contributed by atoms with E-state index in [2.05, 4.69) is 18.6 Å². The number of nitrogens with zero attached hydrogens (tertiary/aromatic N) is 1. The lowest BCUT2D eigenvalue weighted by Crippen LogP contribution is -2.29. The number of esters is 1. The van der Waals surface area contributed by atoms with Gasteiger partial charge in [-0.25, -0.2) is 12.7 Å². The zero-order valence-electron chi connectivity index (χ0n) is 13.0. The van der Waals surface area contributed by atoms with Crippen LogP contribution in [0.5, 0.6) is 0 Å². The molecule has 0 saturated carbocycles.